The predicted molar refractivity (Wildman–Crippen MR) is 154 cm³/mol. The van der Waals surface area contributed by atoms with E-state index in [2.05, 4.69) is 114 Å². The van der Waals surface area contributed by atoms with Crippen LogP contribution in [-0.2, 0) is 0 Å². The normalized spacial score (nSPS) is 11.1. The highest BCUT2D eigenvalue weighted by Gasteiger charge is 2.18. The summed E-state index contributed by atoms with van der Waals surface area (Å²) in [7, 11) is 0. The fourth-order valence-electron chi connectivity index (χ4n) is 4.77. The maximum absolute atomic E-state index is 6.21. The molecule has 0 spiro atoms. The van der Waals surface area contributed by atoms with E-state index >= 15 is 0 Å². The van der Waals surface area contributed by atoms with Gasteiger partial charge in [-0.2, -0.15) is 0 Å². The zero-order valence-corrected chi connectivity index (χ0v) is 20.5. The zero-order valence-electron chi connectivity index (χ0n) is 18.9. The van der Waals surface area contributed by atoms with Gasteiger partial charge in [-0.3, -0.25) is 0 Å². The van der Waals surface area contributed by atoms with Crippen molar-refractivity contribution in [2.24, 2.45) is 0 Å². The van der Waals surface area contributed by atoms with Gasteiger partial charge >= 0.3 is 0 Å². The monoisotopic (exact) mass is 487 g/mol. The summed E-state index contributed by atoms with van der Waals surface area (Å²) in [5.41, 5.74) is 5.56. The van der Waals surface area contributed by atoms with Gasteiger partial charge in [-0.15, -0.1) is 12.6 Å². The number of para-hydroxylation sites is 1. The number of hydrogen-bond donors (Lipinski definition) is 1. The van der Waals surface area contributed by atoms with Gasteiger partial charge in [-0.1, -0.05) is 96.5 Å². The number of fused-ring (bicyclic) bond motifs is 2. The van der Waals surface area contributed by atoms with Crippen LogP contribution in [0.4, 0.5) is 17.1 Å². The van der Waals surface area contributed by atoms with Gasteiger partial charge in [-0.05, 0) is 69.8 Å². The van der Waals surface area contributed by atoms with Crippen LogP contribution in [0.15, 0.2) is 132 Å². The Labute approximate surface area is 215 Å². The molecule has 0 saturated carbocycles. The topological polar surface area (TPSA) is 3.24 Å². The standard InChI is InChI=1S/C32H22ClNS/c33-24-15-17-30(32(35)21-24)28-18-19-31(29-13-7-6-12-27(28)29)34(25-10-2-1-3-11-25)26-16-14-22-8-4-5-9-23(22)20-26/h1-21,35H. The van der Waals surface area contributed by atoms with Gasteiger partial charge in [0, 0.05) is 26.7 Å². The number of hydrogen-bond acceptors (Lipinski definition) is 2. The van der Waals surface area contributed by atoms with Crippen molar-refractivity contribution in [3.8, 4) is 11.1 Å². The van der Waals surface area contributed by atoms with E-state index in [-0.39, 0.29) is 0 Å². The molecule has 0 radical (unpaired) electrons. The Morgan fingerprint density at radius 2 is 1.20 bits per heavy atom. The van der Waals surface area contributed by atoms with Crippen LogP contribution >= 0.6 is 24.2 Å². The van der Waals surface area contributed by atoms with E-state index in [1.165, 1.54) is 21.5 Å². The van der Waals surface area contributed by atoms with Crippen LogP contribution in [0.2, 0.25) is 5.02 Å². The van der Waals surface area contributed by atoms with Crippen molar-refractivity contribution in [2.75, 3.05) is 4.90 Å². The predicted octanol–water partition coefficient (Wildman–Crippen LogP) is 10.1. The second-order valence-electron chi connectivity index (χ2n) is 8.54. The summed E-state index contributed by atoms with van der Waals surface area (Å²) in [5.74, 6) is 0. The van der Waals surface area contributed by atoms with Crippen LogP contribution in [-0.4, -0.2) is 0 Å². The first-order valence-corrected chi connectivity index (χ1v) is 12.4. The molecule has 0 fully saturated rings. The van der Waals surface area contributed by atoms with E-state index in [0.29, 0.717) is 5.02 Å². The van der Waals surface area contributed by atoms with Gasteiger partial charge in [0.25, 0.3) is 0 Å². The number of anilines is 3. The molecule has 3 heteroatoms. The minimum absolute atomic E-state index is 0.686. The first kappa shape index (κ1) is 21.8. The molecule has 6 aromatic rings. The molecule has 0 unspecified atom stereocenters. The molecule has 168 valence electrons. The minimum Gasteiger partial charge on any atom is -0.310 e. The highest BCUT2D eigenvalue weighted by Crippen LogP contribution is 2.43. The number of thiol groups is 1. The van der Waals surface area contributed by atoms with Gasteiger partial charge in [-0.25, -0.2) is 0 Å². The lowest BCUT2D eigenvalue weighted by Gasteiger charge is -2.28. The second kappa shape index (κ2) is 9.14. The maximum atomic E-state index is 6.21. The molecule has 0 heterocycles. The molecule has 35 heavy (non-hydrogen) atoms. The molecule has 0 amide bonds. The van der Waals surface area contributed by atoms with Gasteiger partial charge in [0.15, 0.2) is 0 Å². The van der Waals surface area contributed by atoms with Gasteiger partial charge in [0.1, 0.15) is 0 Å². The van der Waals surface area contributed by atoms with Crippen LogP contribution < -0.4 is 4.90 Å². The summed E-state index contributed by atoms with van der Waals surface area (Å²) in [6.45, 7) is 0. The molecule has 0 aromatic heterocycles. The minimum atomic E-state index is 0.686. The van der Waals surface area contributed by atoms with E-state index in [9.17, 15) is 0 Å². The Hall–Kier alpha value is -3.72. The van der Waals surface area contributed by atoms with Gasteiger partial charge in [0.2, 0.25) is 0 Å². The first-order chi connectivity index (χ1) is 17.2. The highest BCUT2D eigenvalue weighted by molar-refractivity contribution is 7.80. The van der Waals surface area contributed by atoms with E-state index in [4.69, 9.17) is 24.2 Å². The third-order valence-electron chi connectivity index (χ3n) is 6.40. The first-order valence-electron chi connectivity index (χ1n) is 11.5. The summed E-state index contributed by atoms with van der Waals surface area (Å²) >= 11 is 10.9. The van der Waals surface area contributed by atoms with Crippen molar-refractivity contribution in [3.05, 3.63) is 132 Å². The number of nitrogens with zero attached hydrogens (tertiary/aromatic N) is 1. The van der Waals surface area contributed by atoms with E-state index < -0.39 is 0 Å². The fourth-order valence-corrected chi connectivity index (χ4v) is 5.35. The Morgan fingerprint density at radius 3 is 2.00 bits per heavy atom. The van der Waals surface area contributed by atoms with Crippen LogP contribution in [0.3, 0.4) is 0 Å². The molecule has 0 saturated heterocycles. The number of benzene rings is 6. The average molecular weight is 488 g/mol. The average Bonchev–Trinajstić information content (AvgIpc) is 2.90. The smallest absolute Gasteiger partial charge is 0.0540 e. The molecule has 6 aromatic carbocycles. The molecule has 0 bridgehead atoms. The van der Waals surface area contributed by atoms with Crippen LogP contribution in [0.1, 0.15) is 0 Å². The third kappa shape index (κ3) is 4.05. The van der Waals surface area contributed by atoms with Gasteiger partial charge in [0.05, 0.1) is 5.69 Å². The van der Waals surface area contributed by atoms with Crippen molar-refractivity contribution >= 4 is 62.8 Å². The Kier molecular flexibility index (Phi) is 5.69. The Balaban J connectivity index is 1.61. The van der Waals surface area contributed by atoms with Crippen molar-refractivity contribution < 1.29 is 0 Å². The molecule has 1 nitrogen and oxygen atoms in total. The lowest BCUT2D eigenvalue weighted by atomic mass is 9.96. The van der Waals surface area contributed by atoms with E-state index in [1.807, 2.05) is 18.2 Å². The molecular weight excluding hydrogens is 466 g/mol. The summed E-state index contributed by atoms with van der Waals surface area (Å²) in [4.78, 5) is 3.20. The molecule has 6 rings (SSSR count). The molecule has 0 aliphatic rings. The third-order valence-corrected chi connectivity index (χ3v) is 7.00. The largest absolute Gasteiger partial charge is 0.310 e. The van der Waals surface area contributed by atoms with Crippen molar-refractivity contribution in [1.29, 1.82) is 0 Å². The molecule has 0 atom stereocenters. The molecular formula is C32H22ClNS. The quantitative estimate of drug-likeness (QED) is 0.242. The van der Waals surface area contributed by atoms with Crippen LogP contribution in [0, 0.1) is 0 Å². The molecule has 0 N–H and O–H groups in total. The highest BCUT2D eigenvalue weighted by atomic mass is 35.5. The Bertz CT molecular complexity index is 1680. The second-order valence-corrected chi connectivity index (χ2v) is 9.46. The lowest BCUT2D eigenvalue weighted by Crippen LogP contribution is -2.10. The summed E-state index contributed by atoms with van der Waals surface area (Å²) < 4.78 is 0. The van der Waals surface area contributed by atoms with Gasteiger partial charge < -0.3 is 4.90 Å². The SMILES string of the molecule is Sc1cc(Cl)ccc1-c1ccc(N(c2ccccc2)c2ccc3ccccc3c2)c2ccccc12. The van der Waals surface area contributed by atoms with Crippen LogP contribution in [0.25, 0.3) is 32.7 Å². The molecule has 0 aliphatic carbocycles. The van der Waals surface area contributed by atoms with Crippen molar-refractivity contribution in [1.82, 2.24) is 0 Å². The lowest BCUT2D eigenvalue weighted by molar-refractivity contribution is 1.30. The Morgan fingerprint density at radius 1 is 0.514 bits per heavy atom. The summed E-state index contributed by atoms with van der Waals surface area (Å²) in [6, 6.07) is 44.5. The van der Waals surface area contributed by atoms with E-state index in [0.717, 1.165) is 33.1 Å². The number of halogens is 1. The number of rotatable bonds is 4. The van der Waals surface area contributed by atoms with Crippen molar-refractivity contribution in [2.45, 2.75) is 4.90 Å². The van der Waals surface area contributed by atoms with Crippen LogP contribution in [0.5, 0.6) is 0 Å². The summed E-state index contributed by atoms with van der Waals surface area (Å²) in [5, 5.41) is 5.47. The summed E-state index contributed by atoms with van der Waals surface area (Å²) in [6.07, 6.45) is 0. The maximum Gasteiger partial charge on any atom is 0.0540 e. The fraction of sp³-hybridized carbons (Fsp3) is 0. The zero-order chi connectivity index (χ0) is 23.8. The van der Waals surface area contributed by atoms with Crippen molar-refractivity contribution in [3.63, 3.8) is 0 Å². The molecule has 0 aliphatic heterocycles. The van der Waals surface area contributed by atoms with E-state index in [1.54, 1.807) is 0 Å².